The van der Waals surface area contributed by atoms with Crippen LogP contribution in [0.2, 0.25) is 0 Å². The summed E-state index contributed by atoms with van der Waals surface area (Å²) in [5.41, 5.74) is 3.02. The smallest absolute Gasteiger partial charge is 0.170 e. The Kier molecular flexibility index (Phi) is 3.89. The Bertz CT molecular complexity index is 574. The topological polar surface area (TPSA) is 0 Å². The maximum atomic E-state index is 13.6. The number of hydrogen-bond acceptors (Lipinski definition) is 0. The Labute approximate surface area is 117 Å². The van der Waals surface area contributed by atoms with Crippen LogP contribution < -0.4 is 0 Å². The number of aryl methyl sites for hydroxylation is 3. The quantitative estimate of drug-likeness (QED) is 0.698. The molecule has 0 heterocycles. The Morgan fingerprint density at radius 1 is 0.850 bits per heavy atom. The van der Waals surface area contributed by atoms with E-state index in [2.05, 4.69) is 0 Å². The van der Waals surface area contributed by atoms with E-state index >= 15 is 0 Å². The molecule has 0 aliphatic rings. The fraction of sp³-hybridized carbons (Fsp3) is 0.294. The van der Waals surface area contributed by atoms with Crippen molar-refractivity contribution in [1.29, 1.82) is 0 Å². The number of alkyl halides is 3. The summed E-state index contributed by atoms with van der Waals surface area (Å²) in [4.78, 5) is 0. The van der Waals surface area contributed by atoms with Gasteiger partial charge in [0.25, 0.3) is 0 Å². The molecule has 2 aromatic rings. The van der Waals surface area contributed by atoms with Crippen LogP contribution in [0.15, 0.2) is 42.5 Å². The van der Waals surface area contributed by atoms with Gasteiger partial charge in [-0.15, -0.1) is 0 Å². The maximum Gasteiger partial charge on any atom is 0.399 e. The van der Waals surface area contributed by atoms with E-state index in [1.807, 2.05) is 19.1 Å². The lowest BCUT2D eigenvalue weighted by molar-refractivity contribution is -0.141. The summed E-state index contributed by atoms with van der Waals surface area (Å²) in [7, 11) is 0. The summed E-state index contributed by atoms with van der Waals surface area (Å²) >= 11 is 0. The van der Waals surface area contributed by atoms with Crippen molar-refractivity contribution >= 4 is 0 Å². The summed E-state index contributed by atoms with van der Waals surface area (Å²) in [5, 5.41) is 0. The number of halogens is 3. The van der Waals surface area contributed by atoms with E-state index in [0.29, 0.717) is 16.7 Å². The first-order valence-corrected chi connectivity index (χ1v) is 6.50. The summed E-state index contributed by atoms with van der Waals surface area (Å²) in [6.07, 6.45) is -4.30. The molecule has 0 nitrogen and oxygen atoms in total. The first kappa shape index (κ1) is 14.6. The molecule has 3 heteroatoms. The summed E-state index contributed by atoms with van der Waals surface area (Å²) in [5.74, 6) is -1.57. The molecule has 0 amide bonds. The Morgan fingerprint density at radius 2 is 1.35 bits per heavy atom. The van der Waals surface area contributed by atoms with Gasteiger partial charge in [-0.25, -0.2) is 0 Å². The third-order valence-electron chi connectivity index (χ3n) is 3.49. The van der Waals surface area contributed by atoms with E-state index in [-0.39, 0.29) is 5.56 Å². The highest BCUT2D eigenvalue weighted by molar-refractivity contribution is 5.45. The Hall–Kier alpha value is -1.77. The minimum Gasteiger partial charge on any atom is -0.170 e. The SMILES string of the molecule is Cc1cc(C)c(C(c2ccccc2)C(F)(F)F)c(C)c1. The molecule has 0 fully saturated rings. The molecule has 0 spiro atoms. The van der Waals surface area contributed by atoms with Crippen molar-refractivity contribution in [2.75, 3.05) is 0 Å². The van der Waals surface area contributed by atoms with Crippen molar-refractivity contribution in [2.45, 2.75) is 32.9 Å². The largest absolute Gasteiger partial charge is 0.399 e. The van der Waals surface area contributed by atoms with Crippen molar-refractivity contribution < 1.29 is 13.2 Å². The highest BCUT2D eigenvalue weighted by Crippen LogP contribution is 2.42. The second kappa shape index (κ2) is 5.31. The molecule has 20 heavy (non-hydrogen) atoms. The zero-order valence-corrected chi connectivity index (χ0v) is 11.8. The molecule has 1 atom stereocenters. The van der Waals surface area contributed by atoms with Crippen LogP contribution in [0.4, 0.5) is 13.2 Å². The van der Waals surface area contributed by atoms with Gasteiger partial charge in [-0.2, -0.15) is 13.2 Å². The predicted molar refractivity (Wildman–Crippen MR) is 75.0 cm³/mol. The van der Waals surface area contributed by atoms with E-state index in [9.17, 15) is 13.2 Å². The van der Waals surface area contributed by atoms with Crippen LogP contribution in [0.25, 0.3) is 0 Å². The van der Waals surface area contributed by atoms with Gasteiger partial charge >= 0.3 is 6.18 Å². The van der Waals surface area contributed by atoms with E-state index in [1.54, 1.807) is 32.0 Å². The lowest BCUT2D eigenvalue weighted by Gasteiger charge is -2.25. The molecular formula is C17H17F3. The Balaban J connectivity index is 2.66. The second-order valence-electron chi connectivity index (χ2n) is 5.20. The monoisotopic (exact) mass is 278 g/mol. The zero-order valence-electron chi connectivity index (χ0n) is 11.8. The van der Waals surface area contributed by atoms with Crippen LogP contribution in [0, 0.1) is 20.8 Å². The van der Waals surface area contributed by atoms with Gasteiger partial charge in [0, 0.05) is 0 Å². The van der Waals surface area contributed by atoms with Crippen LogP contribution in [0.3, 0.4) is 0 Å². The van der Waals surface area contributed by atoms with Crippen LogP contribution in [0.1, 0.15) is 33.7 Å². The first-order chi connectivity index (χ1) is 9.30. The molecule has 0 saturated heterocycles. The highest BCUT2D eigenvalue weighted by Gasteiger charge is 2.43. The van der Waals surface area contributed by atoms with E-state index in [1.165, 1.54) is 12.1 Å². The second-order valence-corrected chi connectivity index (χ2v) is 5.20. The molecule has 106 valence electrons. The Morgan fingerprint density at radius 3 is 1.80 bits per heavy atom. The summed E-state index contributed by atoms with van der Waals surface area (Å²) in [6.45, 7) is 5.39. The summed E-state index contributed by atoms with van der Waals surface area (Å²) < 4.78 is 40.7. The van der Waals surface area contributed by atoms with Crippen LogP contribution in [-0.4, -0.2) is 6.18 Å². The van der Waals surface area contributed by atoms with Gasteiger partial charge in [0.2, 0.25) is 0 Å². The molecule has 0 N–H and O–H groups in total. The van der Waals surface area contributed by atoms with Crippen molar-refractivity contribution in [3.63, 3.8) is 0 Å². The van der Waals surface area contributed by atoms with Crippen molar-refractivity contribution in [3.05, 3.63) is 70.3 Å². The third-order valence-corrected chi connectivity index (χ3v) is 3.49. The first-order valence-electron chi connectivity index (χ1n) is 6.50. The molecule has 0 aromatic heterocycles. The number of rotatable bonds is 2. The third kappa shape index (κ3) is 2.87. The van der Waals surface area contributed by atoms with Gasteiger partial charge < -0.3 is 0 Å². The van der Waals surface area contributed by atoms with E-state index in [4.69, 9.17) is 0 Å². The zero-order chi connectivity index (χ0) is 14.9. The van der Waals surface area contributed by atoms with Gasteiger partial charge in [0.1, 0.15) is 5.92 Å². The molecule has 1 unspecified atom stereocenters. The number of hydrogen-bond donors (Lipinski definition) is 0. The van der Waals surface area contributed by atoms with E-state index in [0.717, 1.165) is 5.56 Å². The molecule has 0 saturated carbocycles. The van der Waals surface area contributed by atoms with Gasteiger partial charge in [-0.05, 0) is 43.0 Å². The van der Waals surface area contributed by atoms with Crippen LogP contribution in [-0.2, 0) is 0 Å². The highest BCUT2D eigenvalue weighted by atomic mass is 19.4. The molecular weight excluding hydrogens is 261 g/mol. The van der Waals surface area contributed by atoms with Crippen molar-refractivity contribution in [1.82, 2.24) is 0 Å². The molecule has 0 bridgehead atoms. The molecule has 0 aliphatic heterocycles. The average molecular weight is 278 g/mol. The van der Waals surface area contributed by atoms with Crippen molar-refractivity contribution in [3.8, 4) is 0 Å². The van der Waals surface area contributed by atoms with E-state index < -0.39 is 12.1 Å². The number of benzene rings is 2. The predicted octanol–water partition coefficient (Wildman–Crippen LogP) is 5.31. The minimum absolute atomic E-state index is 0.287. The lowest BCUT2D eigenvalue weighted by atomic mass is 9.84. The minimum atomic E-state index is -4.30. The average Bonchev–Trinajstić information content (AvgIpc) is 2.33. The molecule has 0 radical (unpaired) electrons. The standard InChI is InChI=1S/C17H17F3/c1-11-9-12(2)15(13(3)10-11)16(17(18,19)20)14-7-5-4-6-8-14/h4-10,16H,1-3H3. The maximum absolute atomic E-state index is 13.6. The normalized spacial score (nSPS) is 13.3. The fourth-order valence-corrected chi connectivity index (χ4v) is 2.81. The molecule has 2 rings (SSSR count). The molecule has 2 aromatic carbocycles. The fourth-order valence-electron chi connectivity index (χ4n) is 2.81. The van der Waals surface area contributed by atoms with Crippen LogP contribution in [0.5, 0.6) is 0 Å². The lowest BCUT2D eigenvalue weighted by Crippen LogP contribution is -2.23. The van der Waals surface area contributed by atoms with Gasteiger partial charge in [-0.1, -0.05) is 48.0 Å². The van der Waals surface area contributed by atoms with Crippen LogP contribution >= 0.6 is 0 Å². The summed E-state index contributed by atoms with van der Waals surface area (Å²) in [6, 6.07) is 11.7. The van der Waals surface area contributed by atoms with Gasteiger partial charge in [-0.3, -0.25) is 0 Å². The van der Waals surface area contributed by atoms with Crippen molar-refractivity contribution in [2.24, 2.45) is 0 Å². The van der Waals surface area contributed by atoms with Gasteiger partial charge in [0.05, 0.1) is 0 Å². The van der Waals surface area contributed by atoms with Gasteiger partial charge in [0.15, 0.2) is 0 Å². The molecule has 0 aliphatic carbocycles.